The molecule has 15 nitrogen and oxygen atoms in total. The van der Waals surface area contributed by atoms with Crippen LogP contribution in [0.15, 0.2) is 47.5 Å². The lowest BCUT2D eigenvalue weighted by molar-refractivity contribution is -0.193. The van der Waals surface area contributed by atoms with Crippen molar-refractivity contribution in [1.82, 2.24) is 15.5 Å². The van der Waals surface area contributed by atoms with Gasteiger partial charge in [0, 0.05) is 28.9 Å². The van der Waals surface area contributed by atoms with Gasteiger partial charge in [-0.25, -0.2) is 13.7 Å². The zero-order valence-corrected chi connectivity index (χ0v) is 37.4. The molecule has 1 aliphatic carbocycles. The molecule has 1 aliphatic heterocycles. The minimum absolute atomic E-state index is 0.0233. The first-order valence-corrected chi connectivity index (χ1v) is 23.5. The topological polar surface area (TPSA) is 212 Å². The minimum Gasteiger partial charge on any atom is -0.778 e. The number of imide groups is 1. The second kappa shape index (κ2) is 24.3. The molecule has 24 heteroatoms. The first-order chi connectivity index (χ1) is 28.8. The van der Waals surface area contributed by atoms with Crippen molar-refractivity contribution in [1.29, 1.82) is 0 Å². The van der Waals surface area contributed by atoms with Gasteiger partial charge in [0.05, 0.1) is 42.3 Å². The Bertz CT molecular complexity index is 2130. The van der Waals surface area contributed by atoms with Gasteiger partial charge in [0.2, 0.25) is 5.01 Å². The standard InChI is InChI=1S/C18H15ClFNO3.C14H13F4N3O2S.C3H8NO5P.C3H9S/c1-3-10(2)24-16-9-15(14(20)8-13(16)19)21-17(22)11-6-4-5-7-12(11)18(21)23;1-8(2)21(10-5-3-9(15)4-6-10)11(22)7-23-13-20-19-12(24-13)14(16,17)18;5-3(6)1-4-2-10(7,8)9;1-4(2)3/h1,8-10H,4-7H2,2H3;3-6,8H,7H2,1-2H3;4H,1-2H2,(H,5,6)(H2,7,8,9);1-3H3/q;;;+1/p-1. The molecule has 2 heterocycles. The highest BCUT2D eigenvalue weighted by Crippen LogP contribution is 2.40. The van der Waals surface area contributed by atoms with E-state index in [2.05, 4.69) is 34.9 Å². The third kappa shape index (κ3) is 17.3. The summed E-state index contributed by atoms with van der Waals surface area (Å²) in [6.07, 6.45) is 8.73. The van der Waals surface area contributed by atoms with Crippen molar-refractivity contribution in [2.24, 2.45) is 0 Å². The number of carboxylic acids is 1. The molecule has 0 fully saturated rings. The molecule has 0 saturated carbocycles. The lowest BCUT2D eigenvalue weighted by Gasteiger charge is -2.26. The highest BCUT2D eigenvalue weighted by molar-refractivity contribution is 7.94. The lowest BCUT2D eigenvalue weighted by Crippen LogP contribution is -2.40. The first kappa shape index (κ1) is 53.5. The number of alkyl halides is 3. The number of anilines is 2. The SMILES string of the molecule is C#CC(C)Oc1cc(N2C(=O)C3=C(CCCC3)C2=O)c(F)cc1Cl.CC(C)N(C(=O)COc1nnc(C(F)(F)F)s1)c1ccc(F)cc1.C[S+](C)C.O=C(O)CNCP(=O)([O-])O. The number of halogens is 6. The smallest absolute Gasteiger partial charge is 0.445 e. The normalized spacial score (nSPS) is 14.9. The number of aromatic nitrogens is 2. The Hall–Kier alpha value is -4.62. The zero-order valence-electron chi connectivity index (χ0n) is 34.1. The van der Waals surface area contributed by atoms with Gasteiger partial charge in [0.15, 0.2) is 12.7 Å². The van der Waals surface area contributed by atoms with Crippen molar-refractivity contribution >= 4 is 76.5 Å². The van der Waals surface area contributed by atoms with E-state index < -0.39 is 79.6 Å². The van der Waals surface area contributed by atoms with Crippen LogP contribution in [-0.4, -0.2) is 94.2 Å². The largest absolute Gasteiger partial charge is 0.778 e. The van der Waals surface area contributed by atoms with Crippen LogP contribution in [-0.2, 0) is 40.8 Å². The Morgan fingerprint density at radius 1 is 1.08 bits per heavy atom. The summed E-state index contributed by atoms with van der Waals surface area (Å²) in [7, 11) is -3.71. The summed E-state index contributed by atoms with van der Waals surface area (Å²) in [5, 5.41) is 14.7. The minimum atomic E-state index is -4.61. The predicted molar refractivity (Wildman–Crippen MR) is 223 cm³/mol. The molecule has 3 aromatic rings. The maximum Gasteiger partial charge on any atom is 0.445 e. The van der Waals surface area contributed by atoms with Gasteiger partial charge in [0.1, 0.15) is 25.0 Å². The third-order valence-corrected chi connectivity index (χ3v) is 9.42. The molecule has 340 valence electrons. The number of nitrogens with zero attached hydrogens (tertiary/aromatic N) is 4. The van der Waals surface area contributed by atoms with E-state index in [4.69, 9.17) is 37.5 Å². The van der Waals surface area contributed by atoms with Crippen LogP contribution in [0.2, 0.25) is 5.02 Å². The molecule has 1 aromatic heterocycles. The van der Waals surface area contributed by atoms with Gasteiger partial charge >= 0.3 is 12.1 Å². The van der Waals surface area contributed by atoms with Crippen molar-refractivity contribution in [3.63, 3.8) is 0 Å². The summed E-state index contributed by atoms with van der Waals surface area (Å²) in [6, 6.07) is 7.29. The van der Waals surface area contributed by atoms with Gasteiger partial charge in [-0.1, -0.05) is 34.0 Å². The highest BCUT2D eigenvalue weighted by Gasteiger charge is 2.41. The second-order valence-corrected chi connectivity index (χ2v) is 19.0. The molecule has 0 saturated heterocycles. The van der Waals surface area contributed by atoms with Gasteiger partial charge in [-0.15, -0.1) is 11.5 Å². The van der Waals surface area contributed by atoms with E-state index >= 15 is 0 Å². The number of benzene rings is 2. The highest BCUT2D eigenvalue weighted by atomic mass is 35.5. The van der Waals surface area contributed by atoms with Gasteiger partial charge in [-0.3, -0.25) is 24.5 Å². The average Bonchev–Trinajstić information content (AvgIpc) is 3.75. The molecule has 2 aliphatic rings. The zero-order chi connectivity index (χ0) is 47.1. The summed E-state index contributed by atoms with van der Waals surface area (Å²) < 4.78 is 85.1. The van der Waals surface area contributed by atoms with Crippen molar-refractivity contribution < 1.29 is 70.1 Å². The fourth-order valence-electron chi connectivity index (χ4n) is 5.17. The fraction of sp³-hybridized carbons (Fsp3) is 0.421. The monoisotopic (exact) mass is 955 g/mol. The lowest BCUT2D eigenvalue weighted by atomic mass is 9.93. The van der Waals surface area contributed by atoms with Crippen LogP contribution in [0, 0.1) is 24.0 Å². The van der Waals surface area contributed by atoms with Crippen LogP contribution in [0.4, 0.5) is 33.3 Å². The molecule has 0 spiro atoms. The Balaban J connectivity index is 0.000000329. The number of ether oxygens (including phenoxy) is 2. The molecule has 0 radical (unpaired) electrons. The number of aliphatic carboxylic acids is 1. The fourth-order valence-corrected chi connectivity index (χ4v) is 6.33. The van der Waals surface area contributed by atoms with Crippen molar-refractivity contribution in [2.75, 3.05) is 48.0 Å². The van der Waals surface area contributed by atoms with Crippen molar-refractivity contribution in [2.45, 2.75) is 64.8 Å². The summed E-state index contributed by atoms with van der Waals surface area (Å²) in [5.41, 5.74) is 1.26. The molecule has 2 atom stereocenters. The van der Waals surface area contributed by atoms with E-state index in [0.29, 0.717) is 40.6 Å². The molecular formula is C38H44ClF5N5O10PS2. The molecule has 3 N–H and O–H groups in total. The van der Waals surface area contributed by atoms with Crippen LogP contribution in [0.25, 0.3) is 0 Å². The van der Waals surface area contributed by atoms with E-state index in [1.165, 1.54) is 35.2 Å². The summed E-state index contributed by atoms with van der Waals surface area (Å²) in [6.45, 7) is 4.13. The van der Waals surface area contributed by atoms with Crippen LogP contribution < -0.4 is 29.5 Å². The summed E-state index contributed by atoms with van der Waals surface area (Å²) >= 11 is 6.18. The van der Waals surface area contributed by atoms with E-state index in [0.717, 1.165) is 23.8 Å². The van der Waals surface area contributed by atoms with E-state index in [1.54, 1.807) is 20.8 Å². The number of terminal acetylenes is 1. The number of hydrogen-bond acceptors (Lipinski definition) is 12. The molecule has 5 rings (SSSR count). The molecule has 3 amide bonds. The number of hydrogen-bond donors (Lipinski definition) is 3. The number of amides is 3. The molecular weight excluding hydrogens is 912 g/mol. The van der Waals surface area contributed by atoms with Gasteiger partial charge in [-0.2, -0.15) is 13.2 Å². The molecule has 62 heavy (non-hydrogen) atoms. The summed E-state index contributed by atoms with van der Waals surface area (Å²) in [4.78, 5) is 67.4. The number of carbonyl (C=O) groups is 4. The Morgan fingerprint density at radius 2 is 1.63 bits per heavy atom. The van der Waals surface area contributed by atoms with Gasteiger partial charge in [0.25, 0.3) is 22.9 Å². The average molecular weight is 956 g/mol. The number of nitrogens with one attached hydrogen (secondary N) is 1. The van der Waals surface area contributed by atoms with Gasteiger partial charge in [-0.05, 0) is 87.7 Å². The van der Waals surface area contributed by atoms with Crippen LogP contribution in [0.1, 0.15) is 51.5 Å². The van der Waals surface area contributed by atoms with Crippen molar-refractivity contribution in [3.8, 4) is 23.3 Å². The van der Waals surface area contributed by atoms with E-state index in [1.807, 2.05) is 5.32 Å². The van der Waals surface area contributed by atoms with Crippen LogP contribution >= 0.6 is 30.5 Å². The van der Waals surface area contributed by atoms with Crippen LogP contribution in [0.5, 0.6) is 10.9 Å². The maximum absolute atomic E-state index is 14.4. The first-order valence-electron chi connectivity index (χ1n) is 18.1. The number of carboxylic acid groups (broad SMARTS) is 1. The Kier molecular flexibility index (Phi) is 21.0. The van der Waals surface area contributed by atoms with E-state index in [-0.39, 0.29) is 39.0 Å². The number of carbonyl (C=O) groups excluding carboxylic acids is 3. The van der Waals surface area contributed by atoms with Gasteiger partial charge < -0.3 is 33.8 Å². The summed E-state index contributed by atoms with van der Waals surface area (Å²) in [5.74, 6) is -1.31. The number of rotatable bonds is 12. The maximum atomic E-state index is 14.4. The quantitative estimate of drug-likeness (QED) is 0.0646. The molecule has 0 bridgehead atoms. The molecule has 2 unspecified atom stereocenters. The van der Waals surface area contributed by atoms with Crippen molar-refractivity contribution in [3.05, 3.63) is 69.2 Å². The Labute approximate surface area is 366 Å². The van der Waals surface area contributed by atoms with E-state index in [9.17, 15) is 50.6 Å². The second-order valence-electron chi connectivity index (χ2n) is 13.6. The third-order valence-electron chi connectivity index (χ3n) is 7.62. The molecule has 2 aromatic carbocycles. The Morgan fingerprint density at radius 3 is 2.08 bits per heavy atom. The van der Waals surface area contributed by atoms with Crippen LogP contribution in [0.3, 0.4) is 0 Å². The predicted octanol–water partition coefficient (Wildman–Crippen LogP) is 5.80.